The topological polar surface area (TPSA) is 101 Å². The molecular formula is C20H29Cl2N7O2. The number of carbonyl (C=O) groups excluding carboxylic acids is 1. The van der Waals surface area contributed by atoms with Crippen LogP contribution in [0.1, 0.15) is 35.1 Å². The molecule has 4 heterocycles. The Morgan fingerprint density at radius 3 is 2.68 bits per heavy atom. The van der Waals surface area contributed by atoms with Crippen LogP contribution in [0, 0.1) is 13.8 Å². The molecule has 170 valence electrons. The molecule has 1 fully saturated rings. The highest BCUT2D eigenvalue weighted by Gasteiger charge is 2.30. The normalized spacial score (nSPS) is 16.1. The number of piperazine rings is 1. The zero-order valence-corrected chi connectivity index (χ0v) is 19.8. The fourth-order valence-corrected chi connectivity index (χ4v) is 4.32. The standard InChI is InChI=1S/C20H27N7O2.2ClH/c1-12-14(13(2)23-19-17(12)20(29)24-26(19)4)5-6-16(28)27-10-7-21-11-15(27)18-22-8-9-25(18)3;;/h8-9,15,21H,5-7,10-11H2,1-4H3,(H,24,29);2*1H. The molecule has 0 spiro atoms. The Balaban J connectivity index is 0.00000171. The van der Waals surface area contributed by atoms with E-state index in [-0.39, 0.29) is 42.3 Å². The number of fused-ring (bicyclic) bond motifs is 1. The number of H-pyrrole nitrogens is 1. The fraction of sp³-hybridized carbons (Fsp3) is 0.500. The van der Waals surface area contributed by atoms with Crippen molar-refractivity contribution < 1.29 is 4.79 Å². The molecule has 11 heteroatoms. The van der Waals surface area contributed by atoms with Crippen molar-refractivity contribution >= 4 is 41.8 Å². The van der Waals surface area contributed by atoms with Gasteiger partial charge in [0.25, 0.3) is 5.56 Å². The highest BCUT2D eigenvalue weighted by atomic mass is 35.5. The average Bonchev–Trinajstić information content (AvgIpc) is 3.24. The molecule has 0 aliphatic carbocycles. The number of amides is 1. The number of nitrogens with one attached hydrogen (secondary N) is 2. The Bertz CT molecular complexity index is 1130. The van der Waals surface area contributed by atoms with Gasteiger partial charge in [-0.05, 0) is 31.4 Å². The van der Waals surface area contributed by atoms with E-state index in [0.717, 1.165) is 29.2 Å². The second-order valence-corrected chi connectivity index (χ2v) is 7.70. The predicted molar refractivity (Wildman–Crippen MR) is 124 cm³/mol. The van der Waals surface area contributed by atoms with Gasteiger partial charge in [-0.15, -0.1) is 24.8 Å². The van der Waals surface area contributed by atoms with Crippen LogP contribution in [-0.2, 0) is 25.3 Å². The van der Waals surface area contributed by atoms with E-state index in [9.17, 15) is 9.59 Å². The van der Waals surface area contributed by atoms with Gasteiger partial charge in [-0.1, -0.05) is 0 Å². The molecule has 1 atom stereocenters. The molecule has 0 bridgehead atoms. The van der Waals surface area contributed by atoms with Crippen LogP contribution in [0.25, 0.3) is 11.0 Å². The van der Waals surface area contributed by atoms with Gasteiger partial charge in [-0.3, -0.25) is 19.4 Å². The number of aryl methyl sites for hydroxylation is 4. The molecule has 0 radical (unpaired) electrons. The van der Waals surface area contributed by atoms with E-state index in [1.165, 1.54) is 0 Å². The van der Waals surface area contributed by atoms with Crippen LogP contribution in [0.5, 0.6) is 0 Å². The number of aromatic nitrogens is 5. The van der Waals surface area contributed by atoms with Crippen molar-refractivity contribution in [2.75, 3.05) is 19.6 Å². The summed E-state index contributed by atoms with van der Waals surface area (Å²) in [5, 5.41) is 6.72. The summed E-state index contributed by atoms with van der Waals surface area (Å²) in [6.07, 6.45) is 4.60. The summed E-state index contributed by atoms with van der Waals surface area (Å²) in [6.45, 7) is 6.00. The summed E-state index contributed by atoms with van der Waals surface area (Å²) in [6, 6.07) is -0.0731. The van der Waals surface area contributed by atoms with Crippen LogP contribution >= 0.6 is 24.8 Å². The maximum Gasteiger partial charge on any atom is 0.273 e. The number of pyridine rings is 1. The van der Waals surface area contributed by atoms with Gasteiger partial charge >= 0.3 is 0 Å². The van der Waals surface area contributed by atoms with Crippen molar-refractivity contribution in [3.8, 4) is 0 Å². The molecule has 0 saturated carbocycles. The molecule has 2 N–H and O–H groups in total. The maximum atomic E-state index is 13.1. The van der Waals surface area contributed by atoms with E-state index in [2.05, 4.69) is 20.4 Å². The molecule has 31 heavy (non-hydrogen) atoms. The number of halogens is 2. The molecule has 4 rings (SSSR count). The Kier molecular flexibility index (Phi) is 7.91. The quantitative estimate of drug-likeness (QED) is 0.603. The van der Waals surface area contributed by atoms with Gasteiger partial charge in [0.15, 0.2) is 5.65 Å². The third kappa shape index (κ3) is 4.49. The average molecular weight is 470 g/mol. The molecule has 1 amide bonds. The molecule has 1 unspecified atom stereocenters. The molecule has 1 aliphatic rings. The van der Waals surface area contributed by atoms with E-state index in [1.54, 1.807) is 17.9 Å². The number of hydrogen-bond acceptors (Lipinski definition) is 5. The predicted octanol–water partition coefficient (Wildman–Crippen LogP) is 1.56. The van der Waals surface area contributed by atoms with E-state index < -0.39 is 0 Å². The molecule has 1 aliphatic heterocycles. The molecular weight excluding hydrogens is 441 g/mol. The zero-order valence-electron chi connectivity index (χ0n) is 18.1. The van der Waals surface area contributed by atoms with Crippen LogP contribution in [0.2, 0.25) is 0 Å². The van der Waals surface area contributed by atoms with Crippen LogP contribution in [0.3, 0.4) is 0 Å². The summed E-state index contributed by atoms with van der Waals surface area (Å²) in [5.74, 6) is 0.984. The van der Waals surface area contributed by atoms with E-state index in [0.29, 0.717) is 37.0 Å². The lowest BCUT2D eigenvalue weighted by Gasteiger charge is -2.36. The third-order valence-electron chi connectivity index (χ3n) is 5.88. The Hall–Kier alpha value is -2.36. The van der Waals surface area contributed by atoms with Gasteiger partial charge in [-0.2, -0.15) is 0 Å². The molecule has 0 aromatic carbocycles. The van der Waals surface area contributed by atoms with Crippen molar-refractivity contribution in [2.45, 2.75) is 32.7 Å². The fourth-order valence-electron chi connectivity index (χ4n) is 4.32. The zero-order chi connectivity index (χ0) is 20.7. The van der Waals surface area contributed by atoms with Crippen molar-refractivity contribution in [1.29, 1.82) is 0 Å². The number of nitrogens with zero attached hydrogens (tertiary/aromatic N) is 5. The van der Waals surface area contributed by atoms with E-state index in [1.807, 2.05) is 36.6 Å². The summed E-state index contributed by atoms with van der Waals surface area (Å²) in [7, 11) is 3.73. The van der Waals surface area contributed by atoms with Gasteiger partial charge in [0, 0.05) is 58.2 Å². The van der Waals surface area contributed by atoms with E-state index >= 15 is 0 Å². The number of hydrogen-bond donors (Lipinski definition) is 2. The Labute approximate surface area is 193 Å². The lowest BCUT2D eigenvalue weighted by molar-refractivity contribution is -0.134. The summed E-state index contributed by atoms with van der Waals surface area (Å²) >= 11 is 0. The van der Waals surface area contributed by atoms with Crippen LogP contribution in [-0.4, -0.2) is 54.8 Å². The minimum atomic E-state index is -0.142. The van der Waals surface area contributed by atoms with Gasteiger partial charge in [0.2, 0.25) is 5.91 Å². The molecule has 3 aromatic heterocycles. The Morgan fingerprint density at radius 1 is 1.26 bits per heavy atom. The highest BCUT2D eigenvalue weighted by molar-refractivity contribution is 5.85. The first kappa shape index (κ1) is 24.9. The number of rotatable bonds is 4. The SMILES string of the molecule is Cc1nc2c(c(C)c1CCC(=O)N1CCNCC1c1nccn1C)c(=O)[nH]n2C.Cl.Cl. The summed E-state index contributed by atoms with van der Waals surface area (Å²) < 4.78 is 3.61. The number of aromatic amines is 1. The van der Waals surface area contributed by atoms with Crippen molar-refractivity contribution in [3.63, 3.8) is 0 Å². The second-order valence-electron chi connectivity index (χ2n) is 7.70. The first-order valence-corrected chi connectivity index (χ1v) is 9.90. The monoisotopic (exact) mass is 469 g/mol. The van der Waals surface area contributed by atoms with Gasteiger partial charge < -0.3 is 14.8 Å². The first-order chi connectivity index (χ1) is 13.9. The van der Waals surface area contributed by atoms with Gasteiger partial charge in [-0.25, -0.2) is 9.97 Å². The van der Waals surface area contributed by atoms with Crippen LogP contribution in [0.4, 0.5) is 0 Å². The Morgan fingerprint density at radius 2 is 2.00 bits per heavy atom. The van der Waals surface area contributed by atoms with Crippen molar-refractivity contribution in [3.05, 3.63) is 45.4 Å². The van der Waals surface area contributed by atoms with Gasteiger partial charge in [0.1, 0.15) is 11.9 Å². The number of imidazole rings is 1. The van der Waals surface area contributed by atoms with Crippen molar-refractivity contribution in [1.82, 2.24) is 34.5 Å². The molecule has 3 aromatic rings. The van der Waals surface area contributed by atoms with E-state index in [4.69, 9.17) is 0 Å². The smallest absolute Gasteiger partial charge is 0.273 e. The lowest BCUT2D eigenvalue weighted by atomic mass is 9.99. The summed E-state index contributed by atoms with van der Waals surface area (Å²) in [5.41, 5.74) is 3.25. The first-order valence-electron chi connectivity index (χ1n) is 9.90. The molecule has 9 nitrogen and oxygen atoms in total. The minimum absolute atomic E-state index is 0. The molecule has 1 saturated heterocycles. The highest BCUT2D eigenvalue weighted by Crippen LogP contribution is 2.24. The van der Waals surface area contributed by atoms with Crippen molar-refractivity contribution in [2.24, 2.45) is 14.1 Å². The maximum absolute atomic E-state index is 13.1. The third-order valence-corrected chi connectivity index (χ3v) is 5.88. The van der Waals surface area contributed by atoms with Crippen LogP contribution in [0.15, 0.2) is 17.2 Å². The summed E-state index contributed by atoms with van der Waals surface area (Å²) in [4.78, 5) is 36.3. The lowest BCUT2D eigenvalue weighted by Crippen LogP contribution is -2.49. The largest absolute Gasteiger partial charge is 0.336 e. The van der Waals surface area contributed by atoms with Gasteiger partial charge in [0.05, 0.1) is 5.39 Å². The number of carbonyl (C=O) groups is 1. The second kappa shape index (κ2) is 9.84. The van der Waals surface area contributed by atoms with Crippen LogP contribution < -0.4 is 10.9 Å². The minimum Gasteiger partial charge on any atom is -0.336 e.